The van der Waals surface area contributed by atoms with E-state index in [1.54, 1.807) is 12.3 Å². The van der Waals surface area contributed by atoms with Gasteiger partial charge in [-0.25, -0.2) is 0 Å². The average molecular weight is 266 g/mol. The first-order valence-electron chi connectivity index (χ1n) is 5.92. The molecule has 0 atom stereocenters. The summed E-state index contributed by atoms with van der Waals surface area (Å²) in [5.41, 5.74) is 6.48. The van der Waals surface area contributed by atoms with Crippen LogP contribution in [0.15, 0.2) is 30.6 Å². The second-order valence-corrected chi connectivity index (χ2v) is 4.37. The predicted octanol–water partition coefficient (Wildman–Crippen LogP) is 3.20. The number of rotatable bonds is 5. The molecule has 0 aliphatic heterocycles. The number of aryl methyl sites for hydroxylation is 1. The molecule has 0 aliphatic rings. The molecule has 0 spiro atoms. The van der Waals surface area contributed by atoms with Gasteiger partial charge in [0.2, 0.25) is 0 Å². The fourth-order valence-electron chi connectivity index (χ4n) is 1.71. The molecule has 2 N–H and O–H groups in total. The summed E-state index contributed by atoms with van der Waals surface area (Å²) in [5, 5.41) is 4.83. The number of ether oxygens (including phenoxy) is 1. The largest absolute Gasteiger partial charge is 0.454 e. The molecule has 5 heteroatoms. The van der Waals surface area contributed by atoms with Gasteiger partial charge in [-0.1, -0.05) is 24.6 Å². The summed E-state index contributed by atoms with van der Waals surface area (Å²) in [5.74, 6) is 1.38. The maximum absolute atomic E-state index is 6.07. The molecule has 1 aromatic carbocycles. The van der Waals surface area contributed by atoms with Crippen molar-refractivity contribution in [2.24, 2.45) is 5.73 Å². The van der Waals surface area contributed by atoms with E-state index in [0.29, 0.717) is 23.1 Å². The van der Waals surface area contributed by atoms with Crippen LogP contribution in [0.5, 0.6) is 11.5 Å². The van der Waals surface area contributed by atoms with Gasteiger partial charge in [0.15, 0.2) is 5.75 Å². The highest BCUT2D eigenvalue weighted by Crippen LogP contribution is 2.29. The second kappa shape index (κ2) is 5.89. The zero-order valence-electron chi connectivity index (χ0n) is 10.3. The zero-order chi connectivity index (χ0) is 13.0. The number of benzene rings is 1. The maximum Gasteiger partial charge on any atom is 0.165 e. The number of halogens is 1. The van der Waals surface area contributed by atoms with E-state index < -0.39 is 0 Å². The lowest BCUT2D eigenvalue weighted by Gasteiger charge is -2.09. The fourth-order valence-corrected chi connectivity index (χ4v) is 1.95. The van der Waals surface area contributed by atoms with Gasteiger partial charge in [-0.3, -0.25) is 4.68 Å². The van der Waals surface area contributed by atoms with Gasteiger partial charge >= 0.3 is 0 Å². The van der Waals surface area contributed by atoms with Crippen molar-refractivity contribution >= 4 is 11.6 Å². The van der Waals surface area contributed by atoms with E-state index in [-0.39, 0.29) is 0 Å². The molecule has 0 amide bonds. The molecule has 0 fully saturated rings. The molecule has 1 aromatic heterocycles. The first-order valence-corrected chi connectivity index (χ1v) is 6.30. The molecule has 96 valence electrons. The lowest BCUT2D eigenvalue weighted by molar-refractivity contribution is 0.474. The Balaban J connectivity index is 2.20. The van der Waals surface area contributed by atoms with Crippen molar-refractivity contribution in [1.29, 1.82) is 0 Å². The summed E-state index contributed by atoms with van der Waals surface area (Å²) in [6.45, 7) is 3.33. The molecule has 0 radical (unpaired) electrons. The van der Waals surface area contributed by atoms with Crippen molar-refractivity contribution in [3.63, 3.8) is 0 Å². The molecule has 1 heterocycles. The molecule has 2 rings (SSSR count). The van der Waals surface area contributed by atoms with E-state index in [1.165, 1.54) is 0 Å². The van der Waals surface area contributed by atoms with Crippen LogP contribution in [0.25, 0.3) is 0 Å². The van der Waals surface area contributed by atoms with Crippen molar-refractivity contribution in [3.05, 3.63) is 41.2 Å². The van der Waals surface area contributed by atoms with E-state index in [2.05, 4.69) is 12.0 Å². The molecule has 0 saturated heterocycles. The monoisotopic (exact) mass is 265 g/mol. The minimum absolute atomic E-state index is 0.345. The number of aromatic nitrogens is 2. The summed E-state index contributed by atoms with van der Waals surface area (Å²) in [7, 11) is 0. The standard InChI is InChI=1S/C13H16ClN3O/c1-2-6-17-9-10(8-16-17)18-13-5-3-4-12(14)11(13)7-15/h3-5,8-9H,2,6-7,15H2,1H3. The number of nitrogens with two attached hydrogens (primary N) is 1. The van der Waals surface area contributed by atoms with Gasteiger partial charge in [-0.15, -0.1) is 0 Å². The van der Waals surface area contributed by atoms with Gasteiger partial charge in [-0.05, 0) is 18.6 Å². The second-order valence-electron chi connectivity index (χ2n) is 3.96. The van der Waals surface area contributed by atoms with Crippen molar-refractivity contribution in [2.75, 3.05) is 0 Å². The molecule has 4 nitrogen and oxygen atoms in total. The first kappa shape index (κ1) is 12.9. The molecule has 0 aliphatic carbocycles. The molecule has 18 heavy (non-hydrogen) atoms. The third-order valence-electron chi connectivity index (χ3n) is 2.57. The number of hydrogen-bond donors (Lipinski definition) is 1. The Hall–Kier alpha value is -1.52. The number of nitrogens with zero attached hydrogens (tertiary/aromatic N) is 2. The van der Waals surface area contributed by atoms with Crippen LogP contribution in [0, 0.1) is 0 Å². The summed E-state index contributed by atoms with van der Waals surface area (Å²) in [4.78, 5) is 0. The molecular weight excluding hydrogens is 250 g/mol. The predicted molar refractivity (Wildman–Crippen MR) is 71.9 cm³/mol. The highest BCUT2D eigenvalue weighted by molar-refractivity contribution is 6.31. The highest BCUT2D eigenvalue weighted by atomic mass is 35.5. The molecule has 2 aromatic rings. The average Bonchev–Trinajstić information content (AvgIpc) is 2.77. The van der Waals surface area contributed by atoms with Crippen LogP contribution < -0.4 is 10.5 Å². The summed E-state index contributed by atoms with van der Waals surface area (Å²) >= 11 is 6.07. The fraction of sp³-hybridized carbons (Fsp3) is 0.308. The van der Waals surface area contributed by atoms with E-state index in [4.69, 9.17) is 22.1 Å². The minimum atomic E-state index is 0.345. The molecular formula is C13H16ClN3O. The minimum Gasteiger partial charge on any atom is -0.454 e. The topological polar surface area (TPSA) is 53.1 Å². The lowest BCUT2D eigenvalue weighted by atomic mass is 10.2. The first-order chi connectivity index (χ1) is 8.74. The summed E-state index contributed by atoms with van der Waals surface area (Å²) < 4.78 is 7.61. The van der Waals surface area contributed by atoms with Crippen molar-refractivity contribution in [1.82, 2.24) is 9.78 Å². The van der Waals surface area contributed by atoms with Crippen molar-refractivity contribution < 1.29 is 4.74 Å². The summed E-state index contributed by atoms with van der Waals surface area (Å²) in [6.07, 6.45) is 4.59. The lowest BCUT2D eigenvalue weighted by Crippen LogP contribution is -2.00. The molecule has 0 unspecified atom stereocenters. The van der Waals surface area contributed by atoms with Crippen LogP contribution in [-0.2, 0) is 13.1 Å². The van der Waals surface area contributed by atoms with Crippen LogP contribution in [0.1, 0.15) is 18.9 Å². The Labute approximate surface area is 111 Å². The van der Waals surface area contributed by atoms with Crippen molar-refractivity contribution in [3.8, 4) is 11.5 Å². The van der Waals surface area contributed by atoms with E-state index in [9.17, 15) is 0 Å². The van der Waals surface area contributed by atoms with Gasteiger partial charge < -0.3 is 10.5 Å². The smallest absolute Gasteiger partial charge is 0.165 e. The van der Waals surface area contributed by atoms with Gasteiger partial charge in [0.25, 0.3) is 0 Å². The molecule has 0 saturated carbocycles. The Morgan fingerprint density at radius 3 is 3.00 bits per heavy atom. The third kappa shape index (κ3) is 2.83. The maximum atomic E-state index is 6.07. The Morgan fingerprint density at radius 1 is 1.44 bits per heavy atom. The normalized spacial score (nSPS) is 10.6. The quantitative estimate of drug-likeness (QED) is 0.903. The van der Waals surface area contributed by atoms with E-state index >= 15 is 0 Å². The van der Waals surface area contributed by atoms with Crippen LogP contribution in [0.3, 0.4) is 0 Å². The number of hydrogen-bond acceptors (Lipinski definition) is 3. The van der Waals surface area contributed by atoms with E-state index in [1.807, 2.05) is 23.0 Å². The Morgan fingerprint density at radius 2 is 2.28 bits per heavy atom. The Bertz CT molecular complexity index is 525. The van der Waals surface area contributed by atoms with Gasteiger partial charge in [0.1, 0.15) is 5.75 Å². The van der Waals surface area contributed by atoms with E-state index in [0.717, 1.165) is 18.5 Å². The zero-order valence-corrected chi connectivity index (χ0v) is 11.0. The molecule has 0 bridgehead atoms. The van der Waals surface area contributed by atoms with Crippen LogP contribution in [0.4, 0.5) is 0 Å². The SMILES string of the molecule is CCCn1cc(Oc2cccc(Cl)c2CN)cn1. The van der Waals surface area contributed by atoms with Gasteiger partial charge in [0.05, 0.1) is 12.4 Å². The van der Waals surface area contributed by atoms with Crippen molar-refractivity contribution in [2.45, 2.75) is 26.4 Å². The highest BCUT2D eigenvalue weighted by Gasteiger charge is 2.08. The van der Waals surface area contributed by atoms with Gasteiger partial charge in [-0.2, -0.15) is 5.10 Å². The van der Waals surface area contributed by atoms with Crippen LogP contribution in [-0.4, -0.2) is 9.78 Å². The van der Waals surface area contributed by atoms with Gasteiger partial charge in [0, 0.05) is 23.7 Å². The van der Waals surface area contributed by atoms with Crippen LogP contribution >= 0.6 is 11.6 Å². The third-order valence-corrected chi connectivity index (χ3v) is 2.92. The van der Waals surface area contributed by atoms with Crippen LogP contribution in [0.2, 0.25) is 5.02 Å². The summed E-state index contributed by atoms with van der Waals surface area (Å²) in [6, 6.07) is 5.50. The Kier molecular flexibility index (Phi) is 4.23.